The summed E-state index contributed by atoms with van der Waals surface area (Å²) in [5.74, 6) is 0.996. The van der Waals surface area contributed by atoms with Gasteiger partial charge in [-0.15, -0.1) is 0 Å². The Morgan fingerprint density at radius 2 is 1.56 bits per heavy atom. The maximum absolute atomic E-state index is 12.4. The highest BCUT2D eigenvalue weighted by atomic mass is 32.2. The molecule has 138 valence electrons. The lowest BCUT2D eigenvalue weighted by atomic mass is 10.1. The molecule has 0 spiro atoms. The number of hydrogen-bond acceptors (Lipinski definition) is 4. The first-order valence-electron chi connectivity index (χ1n) is 8.30. The zero-order chi connectivity index (χ0) is 19.3. The smallest absolute Gasteiger partial charge is 0.255 e. The number of ether oxygens (including phenoxy) is 1. The molecule has 0 saturated carbocycles. The number of rotatable bonds is 6. The predicted octanol–water partition coefficient (Wildman–Crippen LogP) is 4.28. The second-order valence-electron chi connectivity index (χ2n) is 6.16. The molecule has 0 bridgehead atoms. The van der Waals surface area contributed by atoms with E-state index in [-0.39, 0.29) is 11.7 Å². The monoisotopic (exact) mass is 381 g/mol. The van der Waals surface area contributed by atoms with Crippen molar-refractivity contribution in [2.45, 2.75) is 5.75 Å². The predicted molar refractivity (Wildman–Crippen MR) is 106 cm³/mol. The zero-order valence-corrected chi connectivity index (χ0v) is 15.6. The SMILES string of the molecule is CS(=O)(=O)Cc1ccc(C(=O)Nc2cccc(Oc3ccccc3)c2)cc1. The fraction of sp³-hybridized carbons (Fsp3) is 0.0952. The molecule has 0 aromatic heterocycles. The quantitative estimate of drug-likeness (QED) is 0.692. The van der Waals surface area contributed by atoms with Gasteiger partial charge in [0.1, 0.15) is 11.5 Å². The minimum absolute atomic E-state index is 0.0478. The van der Waals surface area contributed by atoms with Crippen molar-refractivity contribution in [3.05, 3.63) is 90.0 Å². The molecule has 0 atom stereocenters. The van der Waals surface area contributed by atoms with Crippen LogP contribution in [0, 0.1) is 0 Å². The molecule has 0 heterocycles. The molecular weight excluding hydrogens is 362 g/mol. The molecule has 3 rings (SSSR count). The van der Waals surface area contributed by atoms with Gasteiger partial charge in [0.25, 0.3) is 5.91 Å². The third-order valence-electron chi connectivity index (χ3n) is 3.72. The second-order valence-corrected chi connectivity index (χ2v) is 8.30. The first kappa shape index (κ1) is 18.7. The van der Waals surface area contributed by atoms with E-state index in [1.54, 1.807) is 42.5 Å². The molecule has 0 fully saturated rings. The number of sulfone groups is 1. The third-order valence-corrected chi connectivity index (χ3v) is 4.57. The van der Waals surface area contributed by atoms with Crippen molar-refractivity contribution in [2.24, 2.45) is 0 Å². The zero-order valence-electron chi connectivity index (χ0n) is 14.8. The van der Waals surface area contributed by atoms with Crippen LogP contribution in [0.4, 0.5) is 5.69 Å². The van der Waals surface area contributed by atoms with Crippen LogP contribution in [0.1, 0.15) is 15.9 Å². The van der Waals surface area contributed by atoms with Gasteiger partial charge < -0.3 is 10.1 Å². The van der Waals surface area contributed by atoms with Gasteiger partial charge in [0.2, 0.25) is 0 Å². The number of hydrogen-bond donors (Lipinski definition) is 1. The molecule has 0 saturated heterocycles. The summed E-state index contributed by atoms with van der Waals surface area (Å²) in [4.78, 5) is 12.4. The second kappa shape index (κ2) is 8.05. The largest absolute Gasteiger partial charge is 0.457 e. The van der Waals surface area contributed by atoms with E-state index in [2.05, 4.69) is 5.32 Å². The van der Waals surface area contributed by atoms with E-state index in [0.717, 1.165) is 0 Å². The Morgan fingerprint density at radius 1 is 0.889 bits per heavy atom. The van der Waals surface area contributed by atoms with Crippen LogP contribution in [-0.4, -0.2) is 20.6 Å². The van der Waals surface area contributed by atoms with Gasteiger partial charge in [-0.3, -0.25) is 4.79 Å². The minimum Gasteiger partial charge on any atom is -0.457 e. The van der Waals surface area contributed by atoms with Crippen LogP contribution in [-0.2, 0) is 15.6 Å². The van der Waals surface area contributed by atoms with E-state index in [1.165, 1.54) is 6.26 Å². The van der Waals surface area contributed by atoms with Gasteiger partial charge in [0.05, 0.1) is 5.75 Å². The standard InChI is InChI=1S/C21H19NO4S/c1-27(24,25)15-16-10-12-17(13-11-16)21(23)22-18-6-5-9-20(14-18)26-19-7-3-2-4-8-19/h2-14H,15H2,1H3,(H,22,23). The van der Waals surface area contributed by atoms with Gasteiger partial charge >= 0.3 is 0 Å². The highest BCUT2D eigenvalue weighted by Gasteiger charge is 2.09. The van der Waals surface area contributed by atoms with E-state index < -0.39 is 9.84 Å². The van der Waals surface area contributed by atoms with Gasteiger partial charge in [-0.25, -0.2) is 8.42 Å². The van der Waals surface area contributed by atoms with Gasteiger partial charge in [-0.2, -0.15) is 0 Å². The molecule has 0 aliphatic heterocycles. The lowest BCUT2D eigenvalue weighted by Crippen LogP contribution is -2.12. The van der Waals surface area contributed by atoms with E-state index in [1.807, 2.05) is 36.4 Å². The third kappa shape index (κ3) is 5.69. The topological polar surface area (TPSA) is 72.5 Å². The molecule has 27 heavy (non-hydrogen) atoms. The Labute approximate surface area is 158 Å². The highest BCUT2D eigenvalue weighted by Crippen LogP contribution is 2.24. The molecule has 0 aliphatic rings. The van der Waals surface area contributed by atoms with Crippen LogP contribution in [0.15, 0.2) is 78.9 Å². The van der Waals surface area contributed by atoms with Crippen LogP contribution in [0.5, 0.6) is 11.5 Å². The average molecular weight is 381 g/mol. The Hall–Kier alpha value is -3.12. The van der Waals surface area contributed by atoms with Crippen molar-refractivity contribution >= 4 is 21.4 Å². The van der Waals surface area contributed by atoms with Gasteiger partial charge in [-0.1, -0.05) is 36.4 Å². The fourth-order valence-electron chi connectivity index (χ4n) is 2.52. The summed E-state index contributed by atoms with van der Waals surface area (Å²) in [7, 11) is -3.10. The maximum Gasteiger partial charge on any atom is 0.255 e. The molecule has 3 aromatic rings. The maximum atomic E-state index is 12.4. The van der Waals surface area contributed by atoms with Gasteiger partial charge in [0.15, 0.2) is 9.84 Å². The molecular formula is C21H19NO4S. The Morgan fingerprint density at radius 3 is 2.22 bits per heavy atom. The Balaban J connectivity index is 1.68. The van der Waals surface area contributed by atoms with Crippen molar-refractivity contribution in [3.63, 3.8) is 0 Å². The molecule has 1 N–H and O–H groups in total. The highest BCUT2D eigenvalue weighted by molar-refractivity contribution is 7.89. The molecule has 0 radical (unpaired) electrons. The lowest BCUT2D eigenvalue weighted by molar-refractivity contribution is 0.102. The van der Waals surface area contributed by atoms with E-state index in [4.69, 9.17) is 4.74 Å². The first-order chi connectivity index (χ1) is 12.9. The first-order valence-corrected chi connectivity index (χ1v) is 10.4. The van der Waals surface area contributed by atoms with Gasteiger partial charge in [-0.05, 0) is 42.0 Å². The number of para-hydroxylation sites is 1. The summed E-state index contributed by atoms with van der Waals surface area (Å²) in [6, 6.07) is 23.0. The molecule has 1 amide bonds. The normalized spacial score (nSPS) is 11.0. The van der Waals surface area contributed by atoms with Crippen molar-refractivity contribution in [1.29, 1.82) is 0 Å². The van der Waals surface area contributed by atoms with Crippen LogP contribution in [0.25, 0.3) is 0 Å². The number of carbonyl (C=O) groups is 1. The van der Waals surface area contributed by atoms with Crippen LogP contribution in [0.2, 0.25) is 0 Å². The Kier molecular flexibility index (Phi) is 5.57. The number of carbonyl (C=O) groups excluding carboxylic acids is 1. The summed E-state index contributed by atoms with van der Waals surface area (Å²) < 4.78 is 28.4. The summed E-state index contributed by atoms with van der Waals surface area (Å²) in [6.45, 7) is 0. The number of benzene rings is 3. The molecule has 0 aliphatic carbocycles. The lowest BCUT2D eigenvalue weighted by Gasteiger charge is -2.09. The summed E-state index contributed by atoms with van der Waals surface area (Å²) in [6.07, 6.45) is 1.18. The summed E-state index contributed by atoms with van der Waals surface area (Å²) in [5.41, 5.74) is 1.70. The van der Waals surface area contributed by atoms with Crippen molar-refractivity contribution in [2.75, 3.05) is 11.6 Å². The summed E-state index contributed by atoms with van der Waals surface area (Å²) >= 11 is 0. The van der Waals surface area contributed by atoms with Gasteiger partial charge in [0, 0.05) is 23.6 Å². The van der Waals surface area contributed by atoms with E-state index in [0.29, 0.717) is 28.3 Å². The molecule has 0 unspecified atom stereocenters. The molecule has 5 nitrogen and oxygen atoms in total. The van der Waals surface area contributed by atoms with Crippen LogP contribution < -0.4 is 10.1 Å². The van der Waals surface area contributed by atoms with Crippen molar-refractivity contribution in [3.8, 4) is 11.5 Å². The number of amides is 1. The van der Waals surface area contributed by atoms with Crippen LogP contribution >= 0.6 is 0 Å². The van der Waals surface area contributed by atoms with E-state index in [9.17, 15) is 13.2 Å². The van der Waals surface area contributed by atoms with Crippen molar-refractivity contribution in [1.82, 2.24) is 0 Å². The molecule has 3 aromatic carbocycles. The summed E-state index contributed by atoms with van der Waals surface area (Å²) in [5, 5.41) is 2.81. The number of nitrogens with one attached hydrogen (secondary N) is 1. The minimum atomic E-state index is -3.10. The van der Waals surface area contributed by atoms with E-state index >= 15 is 0 Å². The van der Waals surface area contributed by atoms with Crippen LogP contribution in [0.3, 0.4) is 0 Å². The number of anilines is 1. The van der Waals surface area contributed by atoms with Crippen molar-refractivity contribution < 1.29 is 17.9 Å². The fourth-order valence-corrected chi connectivity index (χ4v) is 3.32. The Bertz CT molecular complexity index is 1030. The average Bonchev–Trinajstić information content (AvgIpc) is 2.62. The molecule has 6 heteroatoms.